The number of nitrogen functional groups attached to an aromatic ring is 1. The first-order valence-electron chi connectivity index (χ1n) is 11.7. The second-order valence-corrected chi connectivity index (χ2v) is 10.1. The van der Waals surface area contributed by atoms with Crippen molar-refractivity contribution in [3.8, 4) is 0 Å². The number of alkyl halides is 3. The van der Waals surface area contributed by atoms with Crippen LogP contribution in [0, 0.1) is 0 Å². The van der Waals surface area contributed by atoms with Crippen molar-refractivity contribution in [1.82, 2.24) is 19.9 Å². The van der Waals surface area contributed by atoms with Gasteiger partial charge in [0.05, 0.1) is 22.3 Å². The van der Waals surface area contributed by atoms with Crippen LogP contribution in [0.2, 0.25) is 0 Å². The van der Waals surface area contributed by atoms with Crippen molar-refractivity contribution in [2.75, 3.05) is 30.3 Å². The number of carbonyl (C=O) groups is 1. The van der Waals surface area contributed by atoms with Gasteiger partial charge in [-0.05, 0) is 31.0 Å². The fraction of sp³-hybridized carbons (Fsp3) is 0.375. The molecule has 1 aliphatic heterocycles. The Kier molecular flexibility index (Phi) is 6.46. The Morgan fingerprint density at radius 3 is 2.62 bits per heavy atom. The minimum absolute atomic E-state index is 0.0504. The first kappa shape index (κ1) is 25.2. The van der Waals surface area contributed by atoms with Gasteiger partial charge in [-0.3, -0.25) is 0 Å². The number of nitrogens with two attached hydrogens (primary N) is 1. The zero-order valence-electron chi connectivity index (χ0n) is 19.8. The summed E-state index contributed by atoms with van der Waals surface area (Å²) in [5, 5.41) is 23.0. The summed E-state index contributed by atoms with van der Waals surface area (Å²) in [6.07, 6.45) is -4.28. The number of aliphatic hydroxyl groups is 1. The molecule has 13 heteroatoms. The van der Waals surface area contributed by atoms with Gasteiger partial charge in [0.2, 0.25) is 0 Å². The van der Waals surface area contributed by atoms with E-state index in [4.69, 9.17) is 5.73 Å². The molecule has 4 aromatic rings. The van der Waals surface area contributed by atoms with E-state index in [1.807, 2.05) is 35.9 Å². The van der Waals surface area contributed by atoms with Crippen molar-refractivity contribution in [2.24, 2.45) is 7.05 Å². The largest absolute Gasteiger partial charge is 0.477 e. The Hall–Kier alpha value is -3.42. The molecule has 0 aliphatic carbocycles. The molecular weight excluding hydrogens is 509 g/mol. The lowest BCUT2D eigenvalue weighted by atomic mass is 10.0. The number of aromatic nitrogens is 3. The second kappa shape index (κ2) is 9.47. The minimum Gasteiger partial charge on any atom is -0.477 e. The summed E-state index contributed by atoms with van der Waals surface area (Å²) in [5.41, 5.74) is 6.08. The van der Waals surface area contributed by atoms with E-state index >= 15 is 0 Å². The lowest BCUT2D eigenvalue weighted by molar-refractivity contribution is -0.136. The third kappa shape index (κ3) is 4.69. The number of thiophene rings is 1. The van der Waals surface area contributed by atoms with Crippen molar-refractivity contribution in [1.29, 1.82) is 0 Å². The number of halogens is 3. The van der Waals surface area contributed by atoms with Gasteiger partial charge in [-0.2, -0.15) is 13.2 Å². The van der Waals surface area contributed by atoms with Crippen molar-refractivity contribution < 1.29 is 28.2 Å². The van der Waals surface area contributed by atoms with E-state index in [0.29, 0.717) is 43.1 Å². The predicted molar refractivity (Wildman–Crippen MR) is 135 cm³/mol. The van der Waals surface area contributed by atoms with E-state index in [1.54, 1.807) is 4.90 Å². The average molecular weight is 535 g/mol. The molecule has 0 saturated carbocycles. The van der Waals surface area contributed by atoms with E-state index in [9.17, 15) is 28.2 Å². The molecule has 196 valence electrons. The normalized spacial score (nSPS) is 16.1. The van der Waals surface area contributed by atoms with Crippen LogP contribution in [-0.4, -0.2) is 56.4 Å². The molecule has 1 aliphatic rings. The van der Waals surface area contributed by atoms with Gasteiger partial charge in [-0.1, -0.05) is 12.1 Å². The fourth-order valence-corrected chi connectivity index (χ4v) is 5.75. The Bertz CT molecular complexity index is 1480. The molecule has 1 atom stereocenters. The Morgan fingerprint density at radius 1 is 1.27 bits per heavy atom. The van der Waals surface area contributed by atoms with Crippen LogP contribution in [0.1, 0.15) is 40.0 Å². The molecule has 4 heterocycles. The van der Waals surface area contributed by atoms with Crippen LogP contribution in [0.25, 0.3) is 21.3 Å². The number of aliphatic hydroxyl groups excluding tert-OH is 1. The lowest BCUT2D eigenvalue weighted by Crippen LogP contribution is -2.44. The Morgan fingerprint density at radius 2 is 1.97 bits per heavy atom. The molecule has 0 spiro atoms. The van der Waals surface area contributed by atoms with Crippen molar-refractivity contribution >= 4 is 50.1 Å². The number of aryl methyl sites for hydroxylation is 1. The van der Waals surface area contributed by atoms with E-state index in [0.717, 1.165) is 17.1 Å². The van der Waals surface area contributed by atoms with Crippen LogP contribution < -0.4 is 16.0 Å². The number of aromatic carboxylic acids is 1. The number of fused-ring (bicyclic) bond motifs is 2. The monoisotopic (exact) mass is 534 g/mol. The van der Waals surface area contributed by atoms with Crippen LogP contribution in [0.3, 0.4) is 0 Å². The fourth-order valence-electron chi connectivity index (χ4n) is 4.80. The molecule has 1 unspecified atom stereocenters. The minimum atomic E-state index is -4.72. The molecule has 1 aromatic carbocycles. The number of hydrogen-bond donors (Lipinski definition) is 4. The van der Waals surface area contributed by atoms with E-state index in [2.05, 4.69) is 15.3 Å². The third-order valence-electron chi connectivity index (χ3n) is 6.72. The molecule has 0 bridgehead atoms. The number of carboxylic acids is 1. The summed E-state index contributed by atoms with van der Waals surface area (Å²) >= 11 is 0.642. The molecular formula is C24H25F3N6O3S. The highest BCUT2D eigenvalue weighted by atomic mass is 32.1. The van der Waals surface area contributed by atoms with Crippen LogP contribution in [-0.2, 0) is 13.2 Å². The maximum absolute atomic E-state index is 13.8. The van der Waals surface area contributed by atoms with Gasteiger partial charge >= 0.3 is 12.1 Å². The standard InChI is InChI=1S/C24H25F3N6O3S/c1-32-15-5-3-2-4-14(15)30-21(32)16(34)11-29-12-6-8-33(9-7-12)17-10-13(24(25,26)27)18-19(28)20(23(35)36)37-22(18)31-17/h2-5,10,12,16,29,34H,6-9,11,28H2,1H3,(H,35,36). The number of carboxylic acid groups (broad SMARTS) is 1. The molecule has 9 nitrogen and oxygen atoms in total. The van der Waals surface area contributed by atoms with Gasteiger partial charge < -0.3 is 30.7 Å². The number of hydrogen-bond acceptors (Lipinski definition) is 8. The number of rotatable bonds is 6. The number of piperidine rings is 1. The number of benzene rings is 1. The third-order valence-corrected chi connectivity index (χ3v) is 7.81. The van der Waals surface area contributed by atoms with Gasteiger partial charge in [0.25, 0.3) is 0 Å². The van der Waals surface area contributed by atoms with Gasteiger partial charge in [0, 0.05) is 38.1 Å². The number of pyridine rings is 1. The molecule has 0 radical (unpaired) electrons. The summed E-state index contributed by atoms with van der Waals surface area (Å²) in [5.74, 6) is -0.696. The Labute approximate surface area is 213 Å². The molecule has 5 rings (SSSR count). The molecule has 1 saturated heterocycles. The van der Waals surface area contributed by atoms with Crippen LogP contribution >= 0.6 is 11.3 Å². The van der Waals surface area contributed by atoms with Gasteiger partial charge in [-0.25, -0.2) is 14.8 Å². The zero-order valence-corrected chi connectivity index (χ0v) is 20.6. The Balaban J connectivity index is 1.28. The molecule has 3 aromatic heterocycles. The molecule has 1 fully saturated rings. The lowest BCUT2D eigenvalue weighted by Gasteiger charge is -2.34. The molecule has 5 N–H and O–H groups in total. The molecule has 37 heavy (non-hydrogen) atoms. The molecule has 0 amide bonds. The first-order chi connectivity index (χ1) is 17.5. The van der Waals surface area contributed by atoms with Crippen LogP contribution in [0.4, 0.5) is 24.7 Å². The average Bonchev–Trinajstić information content (AvgIpc) is 3.39. The SMILES string of the molecule is Cn1c(C(O)CNC2CCN(c3cc(C(F)(F)F)c4c(N)c(C(=O)O)sc4n3)CC2)nc2ccccc21. The summed E-state index contributed by atoms with van der Waals surface area (Å²) in [6.45, 7) is 1.18. The van der Waals surface area contributed by atoms with Crippen molar-refractivity contribution in [3.63, 3.8) is 0 Å². The summed E-state index contributed by atoms with van der Waals surface area (Å²) in [7, 11) is 1.85. The van der Waals surface area contributed by atoms with Crippen LogP contribution in [0.5, 0.6) is 0 Å². The van der Waals surface area contributed by atoms with Gasteiger partial charge in [0.1, 0.15) is 27.5 Å². The summed E-state index contributed by atoms with van der Waals surface area (Å²) < 4.78 is 43.4. The maximum Gasteiger partial charge on any atom is 0.417 e. The van der Waals surface area contributed by atoms with Crippen molar-refractivity contribution in [3.05, 3.63) is 46.6 Å². The number of anilines is 2. The smallest absolute Gasteiger partial charge is 0.417 e. The van der Waals surface area contributed by atoms with E-state index in [1.165, 1.54) is 0 Å². The zero-order chi connectivity index (χ0) is 26.5. The van der Waals surface area contributed by atoms with Gasteiger partial charge in [0.15, 0.2) is 0 Å². The summed E-state index contributed by atoms with van der Waals surface area (Å²) in [6, 6.07) is 8.62. The van der Waals surface area contributed by atoms with E-state index in [-0.39, 0.29) is 33.5 Å². The quantitative estimate of drug-likeness (QED) is 0.294. The van der Waals surface area contributed by atoms with Gasteiger partial charge in [-0.15, -0.1) is 11.3 Å². The highest BCUT2D eigenvalue weighted by Crippen LogP contribution is 2.43. The highest BCUT2D eigenvalue weighted by Gasteiger charge is 2.37. The first-order valence-corrected chi connectivity index (χ1v) is 12.5. The number of imidazole rings is 1. The predicted octanol–water partition coefficient (Wildman–Crippen LogP) is 3.77. The highest BCUT2D eigenvalue weighted by molar-refractivity contribution is 7.21. The second-order valence-electron chi connectivity index (χ2n) is 9.06. The van der Waals surface area contributed by atoms with Crippen LogP contribution in [0.15, 0.2) is 30.3 Å². The number of nitrogens with zero attached hydrogens (tertiary/aromatic N) is 4. The number of nitrogens with one attached hydrogen (secondary N) is 1. The number of para-hydroxylation sites is 2. The maximum atomic E-state index is 13.8. The topological polar surface area (TPSA) is 130 Å². The summed E-state index contributed by atoms with van der Waals surface area (Å²) in [4.78, 5) is 21.6. The van der Waals surface area contributed by atoms with E-state index < -0.39 is 29.5 Å². The van der Waals surface area contributed by atoms with Crippen molar-refractivity contribution in [2.45, 2.75) is 31.2 Å².